The molecule has 1 fully saturated rings. The minimum absolute atomic E-state index is 0.116. The van der Waals surface area contributed by atoms with Crippen molar-refractivity contribution in [1.29, 1.82) is 0 Å². The molecule has 0 spiro atoms. The first kappa shape index (κ1) is 9.98. The van der Waals surface area contributed by atoms with Gasteiger partial charge in [0.05, 0.1) is 6.54 Å². The fraction of sp³-hybridized carbons (Fsp3) is 0.750. The fourth-order valence-electron chi connectivity index (χ4n) is 1.77. The zero-order chi connectivity index (χ0) is 9.84. The largest absolute Gasteiger partial charge is 0.370 e. The topological polar surface area (TPSA) is 89.4 Å². The minimum Gasteiger partial charge on any atom is -0.370 e. The van der Waals surface area contributed by atoms with E-state index in [2.05, 4.69) is 0 Å². The molecule has 1 unspecified atom stereocenters. The molecule has 2 amide bonds. The number of likely N-dealkylation sites (tertiary alicyclic amines) is 1. The highest BCUT2D eigenvalue weighted by Crippen LogP contribution is 2.18. The van der Waals surface area contributed by atoms with Crippen molar-refractivity contribution in [2.45, 2.75) is 25.3 Å². The van der Waals surface area contributed by atoms with Crippen LogP contribution in [0.2, 0.25) is 0 Å². The molecule has 0 aromatic rings. The molecule has 0 bridgehead atoms. The Morgan fingerprint density at radius 3 is 2.54 bits per heavy atom. The molecule has 0 radical (unpaired) electrons. The van der Waals surface area contributed by atoms with E-state index in [0.29, 0.717) is 6.42 Å². The third-order valence-corrected chi connectivity index (χ3v) is 2.29. The lowest BCUT2D eigenvalue weighted by molar-refractivity contribution is -0.122. The number of primary amides is 2. The van der Waals surface area contributed by atoms with Gasteiger partial charge < -0.3 is 11.5 Å². The summed E-state index contributed by atoms with van der Waals surface area (Å²) >= 11 is 0. The zero-order valence-electron chi connectivity index (χ0n) is 7.53. The van der Waals surface area contributed by atoms with Crippen molar-refractivity contribution in [3.8, 4) is 0 Å². The molecule has 5 heteroatoms. The molecule has 1 saturated heterocycles. The van der Waals surface area contributed by atoms with Crippen molar-refractivity contribution in [2.24, 2.45) is 11.5 Å². The smallest absolute Gasteiger partial charge is 0.231 e. The molecule has 0 aromatic carbocycles. The Morgan fingerprint density at radius 1 is 1.31 bits per heavy atom. The molecule has 1 aliphatic heterocycles. The molecule has 5 nitrogen and oxygen atoms in total. The van der Waals surface area contributed by atoms with Crippen LogP contribution in [-0.2, 0) is 9.59 Å². The van der Waals surface area contributed by atoms with Crippen LogP contribution in [0.4, 0.5) is 0 Å². The summed E-state index contributed by atoms with van der Waals surface area (Å²) in [5, 5.41) is 0. The van der Waals surface area contributed by atoms with Gasteiger partial charge in [-0.25, -0.2) is 0 Å². The highest BCUT2D eigenvalue weighted by atomic mass is 16.1. The Kier molecular flexibility index (Phi) is 3.25. The lowest BCUT2D eigenvalue weighted by Gasteiger charge is -2.21. The second-order valence-electron chi connectivity index (χ2n) is 3.40. The molecule has 1 aliphatic rings. The molecule has 0 saturated carbocycles. The van der Waals surface area contributed by atoms with Gasteiger partial charge in [0.15, 0.2) is 0 Å². The van der Waals surface area contributed by atoms with Crippen LogP contribution >= 0.6 is 0 Å². The Hall–Kier alpha value is -1.10. The second-order valence-corrected chi connectivity index (χ2v) is 3.40. The summed E-state index contributed by atoms with van der Waals surface area (Å²) in [5.41, 5.74) is 10.2. The van der Waals surface area contributed by atoms with E-state index in [1.54, 1.807) is 0 Å². The summed E-state index contributed by atoms with van der Waals surface area (Å²) in [6, 6.07) is 0.116. The average molecular weight is 185 g/mol. The molecular formula is C8H15N3O2. The first-order valence-corrected chi connectivity index (χ1v) is 4.40. The van der Waals surface area contributed by atoms with Crippen LogP contribution in [0.5, 0.6) is 0 Å². The summed E-state index contributed by atoms with van der Waals surface area (Å²) < 4.78 is 0. The Morgan fingerprint density at radius 2 is 2.00 bits per heavy atom. The number of hydrogen-bond acceptors (Lipinski definition) is 3. The van der Waals surface area contributed by atoms with Crippen LogP contribution in [0.15, 0.2) is 0 Å². The Bertz CT molecular complexity index is 195. The third kappa shape index (κ3) is 3.02. The number of nitrogens with zero attached hydrogens (tertiary/aromatic N) is 1. The van der Waals surface area contributed by atoms with E-state index in [1.807, 2.05) is 4.90 Å². The lowest BCUT2D eigenvalue weighted by Crippen LogP contribution is -2.39. The van der Waals surface area contributed by atoms with Gasteiger partial charge in [0.25, 0.3) is 0 Å². The van der Waals surface area contributed by atoms with E-state index >= 15 is 0 Å². The van der Waals surface area contributed by atoms with E-state index < -0.39 is 0 Å². The van der Waals surface area contributed by atoms with Crippen molar-refractivity contribution in [1.82, 2.24) is 4.90 Å². The van der Waals surface area contributed by atoms with E-state index in [-0.39, 0.29) is 24.4 Å². The molecule has 1 heterocycles. The van der Waals surface area contributed by atoms with Crippen LogP contribution < -0.4 is 11.5 Å². The highest BCUT2D eigenvalue weighted by Gasteiger charge is 2.26. The molecule has 1 atom stereocenters. The zero-order valence-corrected chi connectivity index (χ0v) is 7.53. The molecular weight excluding hydrogens is 170 g/mol. The maximum Gasteiger partial charge on any atom is 0.231 e. The number of amides is 2. The summed E-state index contributed by atoms with van der Waals surface area (Å²) in [6.45, 7) is 1.07. The summed E-state index contributed by atoms with van der Waals surface area (Å²) in [6.07, 6.45) is 2.26. The van der Waals surface area contributed by atoms with E-state index in [4.69, 9.17) is 11.5 Å². The molecule has 0 aliphatic carbocycles. The Labute approximate surface area is 77.1 Å². The number of carbonyl (C=O) groups excluding carboxylic acids is 2. The normalized spacial score (nSPS) is 23.2. The SMILES string of the molecule is NC(=O)CC1CCCN1CC(N)=O. The van der Waals surface area contributed by atoms with Gasteiger partial charge in [-0.2, -0.15) is 0 Å². The summed E-state index contributed by atoms with van der Waals surface area (Å²) in [5.74, 6) is -0.669. The van der Waals surface area contributed by atoms with Gasteiger partial charge in [0.2, 0.25) is 11.8 Å². The second kappa shape index (κ2) is 4.23. The van der Waals surface area contributed by atoms with E-state index in [9.17, 15) is 9.59 Å². The van der Waals surface area contributed by atoms with Crippen LogP contribution in [0.1, 0.15) is 19.3 Å². The number of rotatable bonds is 4. The maximum atomic E-state index is 10.7. The first-order chi connectivity index (χ1) is 6.09. The number of carbonyl (C=O) groups is 2. The quantitative estimate of drug-likeness (QED) is 0.577. The standard InChI is InChI=1S/C8H15N3O2/c9-7(12)4-6-2-1-3-11(6)5-8(10)13/h6H,1-5H2,(H2,9,12)(H2,10,13). The molecule has 13 heavy (non-hydrogen) atoms. The first-order valence-electron chi connectivity index (χ1n) is 4.40. The van der Waals surface area contributed by atoms with Gasteiger partial charge in [0.1, 0.15) is 0 Å². The van der Waals surface area contributed by atoms with Crippen molar-refractivity contribution >= 4 is 11.8 Å². The monoisotopic (exact) mass is 185 g/mol. The third-order valence-electron chi connectivity index (χ3n) is 2.29. The minimum atomic E-state index is -0.351. The summed E-state index contributed by atoms with van der Waals surface area (Å²) in [4.78, 5) is 23.2. The fourth-order valence-corrected chi connectivity index (χ4v) is 1.77. The average Bonchev–Trinajstić information content (AvgIpc) is 2.34. The van der Waals surface area contributed by atoms with Gasteiger partial charge >= 0.3 is 0 Å². The van der Waals surface area contributed by atoms with E-state index in [1.165, 1.54) is 0 Å². The predicted octanol–water partition coefficient (Wildman–Crippen LogP) is -1.19. The highest BCUT2D eigenvalue weighted by molar-refractivity contribution is 5.77. The predicted molar refractivity (Wildman–Crippen MR) is 47.6 cm³/mol. The van der Waals surface area contributed by atoms with Gasteiger partial charge in [-0.05, 0) is 19.4 Å². The van der Waals surface area contributed by atoms with Crippen molar-refractivity contribution < 1.29 is 9.59 Å². The Balaban J connectivity index is 2.43. The van der Waals surface area contributed by atoms with Crippen LogP contribution in [0, 0.1) is 0 Å². The lowest BCUT2D eigenvalue weighted by atomic mass is 10.1. The molecule has 4 N–H and O–H groups in total. The van der Waals surface area contributed by atoms with Gasteiger partial charge in [-0.15, -0.1) is 0 Å². The van der Waals surface area contributed by atoms with Gasteiger partial charge in [-0.3, -0.25) is 14.5 Å². The molecule has 1 rings (SSSR count). The van der Waals surface area contributed by atoms with Gasteiger partial charge in [0, 0.05) is 12.5 Å². The van der Waals surface area contributed by atoms with Crippen molar-refractivity contribution in [2.75, 3.05) is 13.1 Å². The van der Waals surface area contributed by atoms with Crippen LogP contribution in [0.25, 0.3) is 0 Å². The number of nitrogens with two attached hydrogens (primary N) is 2. The summed E-state index contributed by atoms with van der Waals surface area (Å²) in [7, 11) is 0. The molecule has 74 valence electrons. The van der Waals surface area contributed by atoms with E-state index in [0.717, 1.165) is 19.4 Å². The van der Waals surface area contributed by atoms with Crippen molar-refractivity contribution in [3.63, 3.8) is 0 Å². The van der Waals surface area contributed by atoms with Crippen LogP contribution in [-0.4, -0.2) is 35.8 Å². The van der Waals surface area contributed by atoms with Crippen molar-refractivity contribution in [3.05, 3.63) is 0 Å². The molecule has 0 aromatic heterocycles. The maximum absolute atomic E-state index is 10.7. The van der Waals surface area contributed by atoms with Crippen LogP contribution in [0.3, 0.4) is 0 Å². The van der Waals surface area contributed by atoms with Gasteiger partial charge in [-0.1, -0.05) is 0 Å². The number of hydrogen-bond donors (Lipinski definition) is 2.